The van der Waals surface area contributed by atoms with Crippen LogP contribution in [0.2, 0.25) is 0 Å². The lowest BCUT2D eigenvalue weighted by Gasteiger charge is -2.24. The van der Waals surface area contributed by atoms with E-state index in [0.29, 0.717) is 24.9 Å². The number of rotatable bonds is 12. The minimum Gasteiger partial charge on any atom is -0.508 e. The molecule has 9 heteroatoms. The van der Waals surface area contributed by atoms with Crippen LogP contribution in [0.5, 0.6) is 5.75 Å². The lowest BCUT2D eigenvalue weighted by atomic mass is 10.0. The van der Waals surface area contributed by atoms with Crippen LogP contribution in [0.3, 0.4) is 0 Å². The minimum atomic E-state index is -1.15. The number of amides is 2. The van der Waals surface area contributed by atoms with E-state index < -0.39 is 35.9 Å². The summed E-state index contributed by atoms with van der Waals surface area (Å²) in [6.45, 7) is 3.87. The Kier molecular flexibility index (Phi) is 10.1. The number of aliphatic carboxylic acids is 1. The molecule has 162 valence electrons. The van der Waals surface area contributed by atoms with Gasteiger partial charge in [0, 0.05) is 6.42 Å². The summed E-state index contributed by atoms with van der Waals surface area (Å²) in [7, 11) is 0. The van der Waals surface area contributed by atoms with Gasteiger partial charge < -0.3 is 32.3 Å². The third-order valence-electron chi connectivity index (χ3n) is 4.55. The second-order valence-corrected chi connectivity index (χ2v) is 7.39. The van der Waals surface area contributed by atoms with Crippen LogP contribution in [0, 0.1) is 5.92 Å². The van der Waals surface area contributed by atoms with E-state index >= 15 is 0 Å². The van der Waals surface area contributed by atoms with Crippen LogP contribution in [0.15, 0.2) is 24.3 Å². The molecule has 3 atom stereocenters. The van der Waals surface area contributed by atoms with Gasteiger partial charge in [0.1, 0.15) is 17.8 Å². The van der Waals surface area contributed by atoms with Gasteiger partial charge in [0.05, 0.1) is 6.04 Å². The highest BCUT2D eigenvalue weighted by atomic mass is 16.4. The Morgan fingerprint density at radius 3 is 2.17 bits per heavy atom. The summed E-state index contributed by atoms with van der Waals surface area (Å²) in [5.41, 5.74) is 12.0. The largest absolute Gasteiger partial charge is 0.508 e. The number of aromatic hydroxyl groups is 1. The van der Waals surface area contributed by atoms with Gasteiger partial charge in [0.2, 0.25) is 11.8 Å². The summed E-state index contributed by atoms with van der Waals surface area (Å²) in [4.78, 5) is 36.6. The maximum Gasteiger partial charge on any atom is 0.326 e. The topological polar surface area (TPSA) is 168 Å². The highest BCUT2D eigenvalue weighted by Crippen LogP contribution is 2.12. The molecule has 0 saturated carbocycles. The molecule has 1 rings (SSSR count). The molecule has 0 radical (unpaired) electrons. The lowest BCUT2D eigenvalue weighted by Crippen LogP contribution is -2.56. The van der Waals surface area contributed by atoms with Crippen molar-refractivity contribution in [1.82, 2.24) is 10.6 Å². The van der Waals surface area contributed by atoms with Crippen molar-refractivity contribution >= 4 is 17.8 Å². The Morgan fingerprint density at radius 2 is 1.66 bits per heavy atom. The van der Waals surface area contributed by atoms with Crippen molar-refractivity contribution in [3.63, 3.8) is 0 Å². The first-order chi connectivity index (χ1) is 13.6. The maximum absolute atomic E-state index is 12.8. The number of hydrogen-bond acceptors (Lipinski definition) is 6. The van der Waals surface area contributed by atoms with Gasteiger partial charge in [-0.1, -0.05) is 32.4 Å². The van der Waals surface area contributed by atoms with Crippen LogP contribution in [-0.4, -0.2) is 52.7 Å². The monoisotopic (exact) mass is 408 g/mol. The van der Waals surface area contributed by atoms with Crippen LogP contribution in [0.25, 0.3) is 0 Å². The Labute approximate surface area is 170 Å². The van der Waals surface area contributed by atoms with Crippen molar-refractivity contribution in [3.8, 4) is 5.75 Å². The molecule has 0 unspecified atom stereocenters. The van der Waals surface area contributed by atoms with E-state index in [1.54, 1.807) is 26.0 Å². The van der Waals surface area contributed by atoms with Crippen LogP contribution in [-0.2, 0) is 20.8 Å². The van der Waals surface area contributed by atoms with Gasteiger partial charge >= 0.3 is 5.97 Å². The summed E-state index contributed by atoms with van der Waals surface area (Å²) >= 11 is 0. The maximum atomic E-state index is 12.8. The molecule has 0 saturated heterocycles. The molecular weight excluding hydrogens is 376 g/mol. The first kappa shape index (κ1) is 24.4. The van der Waals surface area contributed by atoms with Gasteiger partial charge in [0.15, 0.2) is 0 Å². The summed E-state index contributed by atoms with van der Waals surface area (Å²) in [6.07, 6.45) is 1.99. The molecule has 29 heavy (non-hydrogen) atoms. The number of carbonyl (C=O) groups is 3. The standard InChI is InChI=1S/C20H32N4O5/c1-12(2)17(20(28)29)24-19(27)16(11-13-6-8-14(25)9-7-13)23-18(26)15(22)5-3-4-10-21/h6-9,12,15-17,25H,3-5,10-11,21-22H2,1-2H3,(H,23,26)(H,24,27)(H,28,29)/t15-,16-,17-/m0/s1. The third-order valence-corrected chi connectivity index (χ3v) is 4.55. The molecule has 1 aromatic carbocycles. The quantitative estimate of drug-likeness (QED) is 0.267. The smallest absolute Gasteiger partial charge is 0.326 e. The number of benzene rings is 1. The highest BCUT2D eigenvalue weighted by Gasteiger charge is 2.29. The normalized spacial score (nSPS) is 14.1. The second-order valence-electron chi connectivity index (χ2n) is 7.39. The molecule has 0 heterocycles. The summed E-state index contributed by atoms with van der Waals surface area (Å²) < 4.78 is 0. The Bertz CT molecular complexity index is 678. The predicted molar refractivity (Wildman–Crippen MR) is 109 cm³/mol. The van der Waals surface area contributed by atoms with Crippen molar-refractivity contribution in [2.45, 2.75) is 57.7 Å². The zero-order chi connectivity index (χ0) is 22.0. The van der Waals surface area contributed by atoms with Gasteiger partial charge in [-0.3, -0.25) is 9.59 Å². The zero-order valence-corrected chi connectivity index (χ0v) is 16.9. The molecule has 1 aromatic rings. The number of hydrogen-bond donors (Lipinski definition) is 6. The first-order valence-corrected chi connectivity index (χ1v) is 9.72. The number of carboxylic acid groups (broad SMARTS) is 1. The van der Waals surface area contributed by atoms with Gasteiger partial charge in [-0.15, -0.1) is 0 Å². The highest BCUT2D eigenvalue weighted by molar-refractivity contribution is 5.92. The number of phenols is 1. The van der Waals surface area contributed by atoms with E-state index in [1.807, 2.05) is 0 Å². The SMILES string of the molecule is CC(C)[C@H](NC(=O)[C@H](Cc1ccc(O)cc1)NC(=O)[C@@H](N)CCCCN)C(=O)O. The van der Waals surface area contributed by atoms with E-state index in [9.17, 15) is 24.6 Å². The summed E-state index contributed by atoms with van der Waals surface area (Å²) in [6, 6.07) is 3.31. The zero-order valence-electron chi connectivity index (χ0n) is 16.9. The molecule has 0 aromatic heterocycles. The Morgan fingerprint density at radius 1 is 1.03 bits per heavy atom. The number of carboxylic acids is 1. The van der Waals surface area contributed by atoms with E-state index in [1.165, 1.54) is 12.1 Å². The van der Waals surface area contributed by atoms with E-state index in [-0.39, 0.29) is 18.1 Å². The lowest BCUT2D eigenvalue weighted by molar-refractivity contribution is -0.143. The van der Waals surface area contributed by atoms with Crippen molar-refractivity contribution in [3.05, 3.63) is 29.8 Å². The van der Waals surface area contributed by atoms with Crippen LogP contribution >= 0.6 is 0 Å². The van der Waals surface area contributed by atoms with E-state index in [2.05, 4.69) is 10.6 Å². The summed E-state index contributed by atoms with van der Waals surface area (Å²) in [5, 5.41) is 23.9. The number of phenolic OH excluding ortho intramolecular Hbond substituents is 1. The van der Waals surface area contributed by atoms with Crippen molar-refractivity contribution in [1.29, 1.82) is 0 Å². The Hall–Kier alpha value is -2.65. The van der Waals surface area contributed by atoms with Crippen LogP contribution < -0.4 is 22.1 Å². The van der Waals surface area contributed by atoms with Crippen LogP contribution in [0.1, 0.15) is 38.7 Å². The molecular formula is C20H32N4O5. The molecule has 2 amide bonds. The predicted octanol–water partition coefficient (Wildman–Crippen LogP) is 0.101. The molecule has 9 nitrogen and oxygen atoms in total. The summed E-state index contributed by atoms with van der Waals surface area (Å²) in [5.74, 6) is -2.51. The average Bonchev–Trinajstić information content (AvgIpc) is 2.66. The van der Waals surface area contributed by atoms with E-state index in [0.717, 1.165) is 6.42 Å². The molecule has 0 aliphatic heterocycles. The fourth-order valence-corrected chi connectivity index (χ4v) is 2.76. The van der Waals surface area contributed by atoms with Gasteiger partial charge in [-0.25, -0.2) is 4.79 Å². The third kappa shape index (κ3) is 8.49. The fraction of sp³-hybridized carbons (Fsp3) is 0.550. The molecule has 0 spiro atoms. The number of nitrogens with two attached hydrogens (primary N) is 2. The Balaban J connectivity index is 2.92. The minimum absolute atomic E-state index is 0.0754. The van der Waals surface area contributed by atoms with Gasteiger partial charge in [-0.2, -0.15) is 0 Å². The first-order valence-electron chi connectivity index (χ1n) is 9.72. The number of carbonyl (C=O) groups excluding carboxylic acids is 2. The van der Waals surface area contributed by atoms with Crippen molar-refractivity contribution < 1.29 is 24.6 Å². The fourth-order valence-electron chi connectivity index (χ4n) is 2.76. The van der Waals surface area contributed by atoms with Crippen LogP contribution in [0.4, 0.5) is 0 Å². The number of unbranched alkanes of at least 4 members (excludes halogenated alkanes) is 1. The van der Waals surface area contributed by atoms with Crippen molar-refractivity contribution in [2.24, 2.45) is 17.4 Å². The second kappa shape index (κ2) is 12.0. The number of nitrogens with one attached hydrogen (secondary N) is 2. The average molecular weight is 408 g/mol. The van der Waals surface area contributed by atoms with Gasteiger partial charge in [0.25, 0.3) is 0 Å². The molecule has 0 aliphatic carbocycles. The molecule has 0 fully saturated rings. The molecule has 0 bridgehead atoms. The molecule has 8 N–H and O–H groups in total. The van der Waals surface area contributed by atoms with E-state index in [4.69, 9.17) is 11.5 Å². The van der Waals surface area contributed by atoms with Crippen molar-refractivity contribution in [2.75, 3.05) is 6.54 Å². The molecule has 0 aliphatic rings. The van der Waals surface area contributed by atoms with Gasteiger partial charge in [-0.05, 0) is 43.0 Å².